The van der Waals surface area contributed by atoms with E-state index in [-0.39, 0.29) is 6.61 Å². The Morgan fingerprint density at radius 3 is 2.25 bits per heavy atom. The summed E-state index contributed by atoms with van der Waals surface area (Å²) < 4.78 is 22.0. The Morgan fingerprint density at radius 2 is 1.70 bits per heavy atom. The molecule has 0 spiro atoms. The summed E-state index contributed by atoms with van der Waals surface area (Å²) in [5.41, 5.74) is 0.534. The maximum Gasteiger partial charge on any atom is 0.191 e. The molecule has 20 heavy (non-hydrogen) atoms. The highest BCUT2D eigenvalue weighted by Gasteiger charge is 2.12. The molecule has 0 aliphatic rings. The summed E-state index contributed by atoms with van der Waals surface area (Å²) in [6, 6.07) is 7.14. The van der Waals surface area contributed by atoms with Crippen molar-refractivity contribution in [2.45, 2.75) is 27.1 Å². The van der Waals surface area contributed by atoms with Crippen molar-refractivity contribution < 1.29 is 18.9 Å². The average molecular weight is 279 g/mol. The highest BCUT2D eigenvalue weighted by atomic mass is 16.7. The van der Waals surface area contributed by atoms with E-state index in [1.54, 1.807) is 18.2 Å². The molecular formula is C15H21NO4. The zero-order valence-electron chi connectivity index (χ0n) is 12.2. The molecule has 1 aromatic carbocycles. The summed E-state index contributed by atoms with van der Waals surface area (Å²) in [7, 11) is 0. The lowest BCUT2D eigenvalue weighted by Gasteiger charge is -2.18. The van der Waals surface area contributed by atoms with Crippen LogP contribution in [0, 0.1) is 11.3 Å². The van der Waals surface area contributed by atoms with Crippen molar-refractivity contribution in [3.63, 3.8) is 0 Å². The van der Waals surface area contributed by atoms with E-state index in [0.29, 0.717) is 36.9 Å². The van der Waals surface area contributed by atoms with E-state index in [9.17, 15) is 0 Å². The third-order valence-electron chi connectivity index (χ3n) is 2.45. The SMILES string of the molecule is CCOc1cc(C#N)ccc1OCC(OCC)OCC. The monoisotopic (exact) mass is 279 g/mol. The molecule has 0 amide bonds. The van der Waals surface area contributed by atoms with Gasteiger partial charge in [-0.15, -0.1) is 0 Å². The molecule has 0 atom stereocenters. The summed E-state index contributed by atoms with van der Waals surface area (Å²) in [5, 5.41) is 8.89. The predicted octanol–water partition coefficient (Wildman–Crippen LogP) is 2.73. The molecule has 5 nitrogen and oxygen atoms in total. The lowest BCUT2D eigenvalue weighted by molar-refractivity contribution is -0.152. The summed E-state index contributed by atoms with van der Waals surface area (Å²) in [6.07, 6.45) is -0.407. The maximum atomic E-state index is 8.89. The summed E-state index contributed by atoms with van der Waals surface area (Å²) >= 11 is 0. The third-order valence-corrected chi connectivity index (χ3v) is 2.45. The fourth-order valence-electron chi connectivity index (χ4n) is 1.64. The van der Waals surface area contributed by atoms with Gasteiger partial charge in [0.2, 0.25) is 0 Å². The summed E-state index contributed by atoms with van der Waals surface area (Å²) in [6.45, 7) is 7.57. The molecule has 0 fully saturated rings. The van der Waals surface area contributed by atoms with E-state index in [0.717, 1.165) is 0 Å². The van der Waals surface area contributed by atoms with Crippen LogP contribution in [0.25, 0.3) is 0 Å². The molecule has 0 heterocycles. The molecule has 0 aliphatic carbocycles. The van der Waals surface area contributed by atoms with Crippen molar-refractivity contribution in [2.75, 3.05) is 26.4 Å². The Kier molecular flexibility index (Phi) is 7.48. The van der Waals surface area contributed by atoms with E-state index >= 15 is 0 Å². The molecule has 1 aromatic rings. The van der Waals surface area contributed by atoms with Crippen LogP contribution in [0.3, 0.4) is 0 Å². The number of hydrogen-bond donors (Lipinski definition) is 0. The largest absolute Gasteiger partial charge is 0.490 e. The Labute approximate surface area is 120 Å². The first-order valence-electron chi connectivity index (χ1n) is 6.78. The van der Waals surface area contributed by atoms with Crippen molar-refractivity contribution in [3.8, 4) is 17.6 Å². The van der Waals surface area contributed by atoms with Gasteiger partial charge in [0.1, 0.15) is 6.61 Å². The molecule has 0 saturated carbocycles. The van der Waals surface area contributed by atoms with Crippen molar-refractivity contribution >= 4 is 0 Å². The van der Waals surface area contributed by atoms with E-state index in [1.165, 1.54) is 0 Å². The van der Waals surface area contributed by atoms with Crippen LogP contribution in [0.4, 0.5) is 0 Å². The van der Waals surface area contributed by atoms with Gasteiger partial charge in [-0.2, -0.15) is 5.26 Å². The second-order valence-corrected chi connectivity index (χ2v) is 3.86. The number of nitriles is 1. The van der Waals surface area contributed by atoms with E-state index in [4.69, 9.17) is 24.2 Å². The molecule has 0 saturated heterocycles. The maximum absolute atomic E-state index is 8.89. The third kappa shape index (κ3) is 5.08. The van der Waals surface area contributed by atoms with Crippen molar-refractivity contribution in [3.05, 3.63) is 23.8 Å². The Balaban J connectivity index is 2.72. The summed E-state index contributed by atoms with van der Waals surface area (Å²) in [5.74, 6) is 1.13. The Hall–Kier alpha value is -1.77. The van der Waals surface area contributed by atoms with Crippen LogP contribution in [-0.4, -0.2) is 32.7 Å². The first-order chi connectivity index (χ1) is 9.74. The van der Waals surface area contributed by atoms with Crippen LogP contribution >= 0.6 is 0 Å². The van der Waals surface area contributed by atoms with Gasteiger partial charge in [-0.3, -0.25) is 0 Å². The topological polar surface area (TPSA) is 60.7 Å². The second-order valence-electron chi connectivity index (χ2n) is 3.86. The van der Waals surface area contributed by atoms with Crippen LogP contribution in [0.1, 0.15) is 26.3 Å². The normalized spacial score (nSPS) is 10.3. The van der Waals surface area contributed by atoms with Gasteiger partial charge in [-0.05, 0) is 32.9 Å². The van der Waals surface area contributed by atoms with Gasteiger partial charge in [0.25, 0.3) is 0 Å². The number of benzene rings is 1. The minimum atomic E-state index is -0.407. The van der Waals surface area contributed by atoms with Crippen LogP contribution in [0.15, 0.2) is 18.2 Å². The number of rotatable bonds is 9. The van der Waals surface area contributed by atoms with Gasteiger partial charge in [-0.25, -0.2) is 0 Å². The standard InChI is InChI=1S/C15H21NO4/c1-4-17-14-9-12(10-16)7-8-13(14)20-11-15(18-5-2)19-6-3/h7-9,15H,4-6,11H2,1-3H3. The predicted molar refractivity (Wildman–Crippen MR) is 74.9 cm³/mol. The Morgan fingerprint density at radius 1 is 1.00 bits per heavy atom. The molecule has 0 radical (unpaired) electrons. The molecule has 0 bridgehead atoms. The average Bonchev–Trinajstić information content (AvgIpc) is 2.46. The van der Waals surface area contributed by atoms with Gasteiger partial charge in [-0.1, -0.05) is 0 Å². The molecule has 0 aliphatic heterocycles. The number of ether oxygens (including phenoxy) is 4. The fraction of sp³-hybridized carbons (Fsp3) is 0.533. The van der Waals surface area contributed by atoms with Crippen LogP contribution in [0.2, 0.25) is 0 Å². The van der Waals surface area contributed by atoms with Crippen LogP contribution in [-0.2, 0) is 9.47 Å². The van der Waals surface area contributed by atoms with Gasteiger partial charge in [0.05, 0.1) is 18.2 Å². The lowest BCUT2D eigenvalue weighted by Crippen LogP contribution is -2.25. The van der Waals surface area contributed by atoms with Crippen LogP contribution in [0.5, 0.6) is 11.5 Å². The Bertz CT molecular complexity index is 436. The number of nitrogens with zero attached hydrogens (tertiary/aromatic N) is 1. The van der Waals surface area contributed by atoms with Gasteiger partial charge in [0.15, 0.2) is 17.8 Å². The van der Waals surface area contributed by atoms with Gasteiger partial charge >= 0.3 is 0 Å². The molecule has 0 aromatic heterocycles. The molecule has 0 unspecified atom stereocenters. The zero-order valence-corrected chi connectivity index (χ0v) is 12.2. The molecule has 1 rings (SSSR count). The number of hydrogen-bond acceptors (Lipinski definition) is 5. The van der Waals surface area contributed by atoms with Crippen molar-refractivity contribution in [2.24, 2.45) is 0 Å². The lowest BCUT2D eigenvalue weighted by atomic mass is 10.2. The quantitative estimate of drug-likeness (QED) is 0.650. The molecule has 5 heteroatoms. The van der Waals surface area contributed by atoms with Crippen molar-refractivity contribution in [1.29, 1.82) is 5.26 Å². The van der Waals surface area contributed by atoms with Crippen LogP contribution < -0.4 is 9.47 Å². The minimum Gasteiger partial charge on any atom is -0.490 e. The first kappa shape index (κ1) is 16.3. The smallest absolute Gasteiger partial charge is 0.191 e. The highest BCUT2D eigenvalue weighted by molar-refractivity contribution is 5.46. The van der Waals surface area contributed by atoms with E-state index < -0.39 is 6.29 Å². The van der Waals surface area contributed by atoms with E-state index in [2.05, 4.69) is 6.07 Å². The molecular weight excluding hydrogens is 258 g/mol. The molecule has 0 N–H and O–H groups in total. The van der Waals surface area contributed by atoms with Gasteiger partial charge in [0, 0.05) is 19.3 Å². The zero-order chi connectivity index (χ0) is 14.8. The summed E-state index contributed by atoms with van der Waals surface area (Å²) in [4.78, 5) is 0. The molecule has 110 valence electrons. The van der Waals surface area contributed by atoms with Gasteiger partial charge < -0.3 is 18.9 Å². The second kappa shape index (κ2) is 9.18. The van der Waals surface area contributed by atoms with E-state index in [1.807, 2.05) is 20.8 Å². The van der Waals surface area contributed by atoms with Crippen molar-refractivity contribution in [1.82, 2.24) is 0 Å². The fourth-order valence-corrected chi connectivity index (χ4v) is 1.64. The highest BCUT2D eigenvalue weighted by Crippen LogP contribution is 2.28. The first-order valence-corrected chi connectivity index (χ1v) is 6.78. The minimum absolute atomic E-state index is 0.271.